The molecule has 58 valence electrons. The first-order chi connectivity index (χ1) is 5.34. The van der Waals surface area contributed by atoms with Crippen molar-refractivity contribution in [3.8, 4) is 0 Å². The third-order valence-electron chi connectivity index (χ3n) is 1.42. The predicted molar refractivity (Wildman–Crippen MR) is 43.0 cm³/mol. The second-order valence-corrected chi connectivity index (χ2v) is 2.17. The van der Waals surface area contributed by atoms with E-state index in [0.29, 0.717) is 5.57 Å². The Morgan fingerprint density at radius 1 is 1.55 bits per heavy atom. The number of hydrogen-bond donors (Lipinski definition) is 0. The highest BCUT2D eigenvalue weighted by Crippen LogP contribution is 2.05. The van der Waals surface area contributed by atoms with Gasteiger partial charge in [-0.3, -0.25) is 0 Å². The highest BCUT2D eigenvalue weighted by Gasteiger charge is 2.04. The lowest BCUT2D eigenvalue weighted by Gasteiger charge is -1.96. The van der Waals surface area contributed by atoms with Crippen molar-refractivity contribution in [2.45, 2.75) is 6.42 Å². The topological polar surface area (TPSA) is 26.3 Å². The van der Waals surface area contributed by atoms with Crippen molar-refractivity contribution in [3.05, 3.63) is 36.0 Å². The maximum absolute atomic E-state index is 11.0. The maximum atomic E-state index is 11.0. The fourth-order valence-corrected chi connectivity index (χ4v) is 0.849. The molecule has 0 fully saturated rings. The zero-order valence-corrected chi connectivity index (χ0v) is 6.41. The fourth-order valence-electron chi connectivity index (χ4n) is 0.849. The number of ether oxygens (including phenoxy) is 1. The SMILES string of the molecule is COC(=O)C1=CCC=CC=C1. The van der Waals surface area contributed by atoms with Gasteiger partial charge in [-0.1, -0.05) is 24.3 Å². The van der Waals surface area contributed by atoms with Crippen LogP contribution in [0.3, 0.4) is 0 Å². The molecule has 0 unspecified atom stereocenters. The van der Waals surface area contributed by atoms with Crippen LogP contribution in [0.4, 0.5) is 0 Å². The summed E-state index contributed by atoms with van der Waals surface area (Å²) in [5.41, 5.74) is 0.623. The second kappa shape index (κ2) is 3.76. The van der Waals surface area contributed by atoms with Crippen LogP contribution in [0.25, 0.3) is 0 Å². The van der Waals surface area contributed by atoms with Crippen molar-refractivity contribution in [1.82, 2.24) is 0 Å². The van der Waals surface area contributed by atoms with Crippen LogP contribution in [-0.2, 0) is 9.53 Å². The number of carbonyl (C=O) groups is 1. The van der Waals surface area contributed by atoms with E-state index in [0.717, 1.165) is 6.42 Å². The second-order valence-electron chi connectivity index (χ2n) is 2.17. The lowest BCUT2D eigenvalue weighted by Crippen LogP contribution is -2.01. The molecule has 0 atom stereocenters. The molecule has 0 heterocycles. The number of esters is 1. The predicted octanol–water partition coefficient (Wildman–Crippen LogP) is 1.60. The van der Waals surface area contributed by atoms with Gasteiger partial charge in [0.25, 0.3) is 0 Å². The minimum atomic E-state index is -0.273. The Morgan fingerprint density at radius 2 is 2.36 bits per heavy atom. The van der Waals surface area contributed by atoms with Crippen LogP contribution in [0, 0.1) is 0 Å². The maximum Gasteiger partial charge on any atom is 0.337 e. The zero-order valence-electron chi connectivity index (χ0n) is 6.41. The third kappa shape index (κ3) is 2.08. The van der Waals surface area contributed by atoms with Crippen molar-refractivity contribution >= 4 is 5.97 Å². The summed E-state index contributed by atoms with van der Waals surface area (Å²) in [6, 6.07) is 0. The van der Waals surface area contributed by atoms with E-state index in [1.165, 1.54) is 7.11 Å². The Bertz CT molecular complexity index is 234. The fraction of sp³-hybridized carbons (Fsp3) is 0.222. The molecule has 0 aromatic carbocycles. The molecule has 0 saturated heterocycles. The van der Waals surface area contributed by atoms with Crippen molar-refractivity contribution in [3.63, 3.8) is 0 Å². The van der Waals surface area contributed by atoms with Gasteiger partial charge in [0.05, 0.1) is 12.7 Å². The van der Waals surface area contributed by atoms with Gasteiger partial charge in [-0.05, 0) is 12.5 Å². The summed E-state index contributed by atoms with van der Waals surface area (Å²) >= 11 is 0. The first-order valence-corrected chi connectivity index (χ1v) is 3.46. The Labute approximate surface area is 65.9 Å². The highest BCUT2D eigenvalue weighted by molar-refractivity contribution is 5.91. The van der Waals surface area contributed by atoms with Gasteiger partial charge in [0, 0.05) is 0 Å². The number of methoxy groups -OCH3 is 1. The minimum Gasteiger partial charge on any atom is -0.465 e. The van der Waals surface area contributed by atoms with Crippen LogP contribution in [0.5, 0.6) is 0 Å². The van der Waals surface area contributed by atoms with Gasteiger partial charge < -0.3 is 4.74 Å². The standard InChI is InChI=1S/C9H10O2/c1-11-9(10)8-6-4-2-3-5-7-8/h2-4,6-7H,5H2,1H3. The molecule has 2 heteroatoms. The molecule has 2 nitrogen and oxygen atoms in total. The van der Waals surface area contributed by atoms with Gasteiger partial charge in [0.2, 0.25) is 0 Å². The van der Waals surface area contributed by atoms with Crippen molar-refractivity contribution in [2.75, 3.05) is 7.11 Å². The van der Waals surface area contributed by atoms with E-state index in [9.17, 15) is 4.79 Å². The molecule has 0 aliphatic heterocycles. The average Bonchev–Trinajstić information content (AvgIpc) is 2.30. The molecular formula is C9H10O2. The quantitative estimate of drug-likeness (QED) is 0.531. The number of rotatable bonds is 1. The van der Waals surface area contributed by atoms with Crippen molar-refractivity contribution in [1.29, 1.82) is 0 Å². The highest BCUT2D eigenvalue weighted by atomic mass is 16.5. The monoisotopic (exact) mass is 150 g/mol. The number of allylic oxidation sites excluding steroid dienone is 4. The van der Waals surface area contributed by atoms with E-state index in [1.807, 2.05) is 24.3 Å². The third-order valence-corrected chi connectivity index (χ3v) is 1.42. The summed E-state index contributed by atoms with van der Waals surface area (Å²) in [7, 11) is 1.38. The summed E-state index contributed by atoms with van der Waals surface area (Å²) < 4.78 is 4.56. The summed E-state index contributed by atoms with van der Waals surface area (Å²) in [6.45, 7) is 0. The average molecular weight is 150 g/mol. The first kappa shape index (κ1) is 7.79. The summed E-state index contributed by atoms with van der Waals surface area (Å²) in [6.07, 6.45) is 10.1. The molecule has 1 aliphatic carbocycles. The van der Waals surface area contributed by atoms with Crippen molar-refractivity contribution < 1.29 is 9.53 Å². The van der Waals surface area contributed by atoms with Gasteiger partial charge in [0.15, 0.2) is 0 Å². The van der Waals surface area contributed by atoms with E-state index in [1.54, 1.807) is 6.08 Å². The summed E-state index contributed by atoms with van der Waals surface area (Å²) in [5.74, 6) is -0.273. The van der Waals surface area contributed by atoms with E-state index in [2.05, 4.69) is 4.74 Å². The lowest BCUT2D eigenvalue weighted by atomic mass is 10.2. The van der Waals surface area contributed by atoms with E-state index in [-0.39, 0.29) is 5.97 Å². The van der Waals surface area contributed by atoms with Crippen LogP contribution in [0.2, 0.25) is 0 Å². The molecule has 0 bridgehead atoms. The number of hydrogen-bond acceptors (Lipinski definition) is 2. The van der Waals surface area contributed by atoms with Gasteiger partial charge in [-0.2, -0.15) is 0 Å². The Morgan fingerprint density at radius 3 is 3.09 bits per heavy atom. The Kier molecular flexibility index (Phi) is 2.66. The van der Waals surface area contributed by atoms with E-state index >= 15 is 0 Å². The van der Waals surface area contributed by atoms with Crippen LogP contribution in [0.15, 0.2) is 36.0 Å². The summed E-state index contributed by atoms with van der Waals surface area (Å²) in [4.78, 5) is 11.0. The minimum absolute atomic E-state index is 0.273. The first-order valence-electron chi connectivity index (χ1n) is 3.46. The van der Waals surface area contributed by atoms with Crippen LogP contribution < -0.4 is 0 Å². The molecule has 0 N–H and O–H groups in total. The van der Waals surface area contributed by atoms with Crippen molar-refractivity contribution in [2.24, 2.45) is 0 Å². The molecule has 0 aromatic heterocycles. The molecule has 1 aliphatic rings. The summed E-state index contributed by atoms with van der Waals surface area (Å²) in [5, 5.41) is 0. The zero-order chi connectivity index (χ0) is 8.10. The van der Waals surface area contributed by atoms with Gasteiger partial charge >= 0.3 is 5.97 Å². The van der Waals surface area contributed by atoms with Gasteiger partial charge in [-0.25, -0.2) is 4.79 Å². The molecule has 0 amide bonds. The van der Waals surface area contributed by atoms with E-state index in [4.69, 9.17) is 0 Å². The van der Waals surface area contributed by atoms with Gasteiger partial charge in [0.1, 0.15) is 0 Å². The molecule has 0 radical (unpaired) electrons. The normalized spacial score (nSPS) is 15.5. The smallest absolute Gasteiger partial charge is 0.337 e. The Hall–Kier alpha value is -1.31. The van der Waals surface area contributed by atoms with Crippen LogP contribution in [-0.4, -0.2) is 13.1 Å². The molecular weight excluding hydrogens is 140 g/mol. The Balaban J connectivity index is 2.72. The van der Waals surface area contributed by atoms with E-state index < -0.39 is 0 Å². The molecule has 1 rings (SSSR count). The largest absolute Gasteiger partial charge is 0.465 e. The van der Waals surface area contributed by atoms with Crippen LogP contribution in [0.1, 0.15) is 6.42 Å². The molecule has 0 saturated carbocycles. The van der Waals surface area contributed by atoms with Crippen LogP contribution >= 0.6 is 0 Å². The lowest BCUT2D eigenvalue weighted by molar-refractivity contribution is -0.135. The molecule has 0 aromatic rings. The molecule has 0 spiro atoms. The van der Waals surface area contributed by atoms with Gasteiger partial charge in [-0.15, -0.1) is 0 Å². The number of carbonyl (C=O) groups excluding carboxylic acids is 1. The molecule has 11 heavy (non-hydrogen) atoms.